The van der Waals surface area contributed by atoms with Crippen molar-refractivity contribution in [3.05, 3.63) is 59.7 Å². The van der Waals surface area contributed by atoms with E-state index in [1.54, 1.807) is 18.2 Å². The van der Waals surface area contributed by atoms with Gasteiger partial charge in [0.2, 0.25) is 5.91 Å². The second kappa shape index (κ2) is 7.69. The molecule has 26 heavy (non-hydrogen) atoms. The van der Waals surface area contributed by atoms with Crippen LogP contribution in [0.5, 0.6) is 11.5 Å². The number of benzene rings is 2. The molecule has 0 radical (unpaired) electrons. The summed E-state index contributed by atoms with van der Waals surface area (Å²) in [6.45, 7) is 0.404. The second-order valence-corrected chi connectivity index (χ2v) is 5.87. The van der Waals surface area contributed by atoms with Crippen molar-refractivity contribution in [1.82, 2.24) is 10.7 Å². The quantitative estimate of drug-likeness (QED) is 0.429. The number of nitrogens with one attached hydrogen (secondary N) is 2. The summed E-state index contributed by atoms with van der Waals surface area (Å²) in [4.78, 5) is 24.6. The van der Waals surface area contributed by atoms with Crippen LogP contribution in [0.15, 0.2) is 53.6 Å². The third kappa shape index (κ3) is 3.51. The number of nitrogens with zero attached hydrogens (tertiary/aromatic N) is 1. The van der Waals surface area contributed by atoms with Crippen LogP contribution in [0.3, 0.4) is 0 Å². The predicted molar refractivity (Wildman–Crippen MR) is 96.1 cm³/mol. The Labute approximate surface area is 150 Å². The molecule has 0 aromatic heterocycles. The van der Waals surface area contributed by atoms with Gasteiger partial charge in [0, 0.05) is 18.0 Å². The van der Waals surface area contributed by atoms with E-state index in [0.717, 1.165) is 5.56 Å². The first kappa shape index (κ1) is 17.5. The lowest BCUT2D eigenvalue weighted by Gasteiger charge is -2.15. The number of phenolic OH excluding ortho intramolecular Hbond substituents is 1. The van der Waals surface area contributed by atoms with E-state index >= 15 is 0 Å². The standard InChI is InChI=1S/C19H19N3O4/c1-26-15-9-5-8-13(17(15)23)10-21-22-19(25)16-14(11-20-18(16)24)12-6-3-2-4-7-12/h2-10,14,16,23H,11H2,1H3,(H,20,24)(H,22,25)/b21-10+/t14-,16-/m0/s1. The minimum absolute atomic E-state index is 0.0752. The summed E-state index contributed by atoms with van der Waals surface area (Å²) >= 11 is 0. The van der Waals surface area contributed by atoms with Crippen LogP contribution in [0.25, 0.3) is 0 Å². The van der Waals surface area contributed by atoms with Crippen molar-refractivity contribution >= 4 is 18.0 Å². The van der Waals surface area contributed by atoms with E-state index in [0.29, 0.717) is 17.9 Å². The van der Waals surface area contributed by atoms with Crippen LogP contribution < -0.4 is 15.5 Å². The Bertz CT molecular complexity index is 836. The fourth-order valence-electron chi connectivity index (χ4n) is 2.98. The SMILES string of the molecule is COc1cccc(/C=N/NC(=O)[C@@H]2C(=O)NC[C@H]2c2ccccc2)c1O. The summed E-state index contributed by atoms with van der Waals surface area (Å²) < 4.78 is 5.02. The van der Waals surface area contributed by atoms with Crippen molar-refractivity contribution < 1.29 is 19.4 Å². The van der Waals surface area contributed by atoms with Crippen LogP contribution in [0.4, 0.5) is 0 Å². The first-order valence-corrected chi connectivity index (χ1v) is 8.13. The minimum atomic E-state index is -0.853. The highest BCUT2D eigenvalue weighted by Gasteiger charge is 2.40. The summed E-state index contributed by atoms with van der Waals surface area (Å²) in [5, 5.41) is 16.6. The van der Waals surface area contributed by atoms with Crippen molar-refractivity contribution in [3.8, 4) is 11.5 Å². The molecule has 0 bridgehead atoms. The Kier molecular flexibility index (Phi) is 5.17. The zero-order valence-corrected chi connectivity index (χ0v) is 14.2. The van der Waals surface area contributed by atoms with Gasteiger partial charge in [-0.05, 0) is 17.7 Å². The average Bonchev–Trinajstić information content (AvgIpc) is 3.05. The van der Waals surface area contributed by atoms with Crippen molar-refractivity contribution in [1.29, 1.82) is 0 Å². The van der Waals surface area contributed by atoms with Gasteiger partial charge >= 0.3 is 0 Å². The van der Waals surface area contributed by atoms with E-state index in [2.05, 4.69) is 15.8 Å². The number of carbonyl (C=O) groups is 2. The van der Waals surface area contributed by atoms with Crippen molar-refractivity contribution in [2.75, 3.05) is 13.7 Å². The van der Waals surface area contributed by atoms with Crippen LogP contribution in [0.1, 0.15) is 17.0 Å². The highest BCUT2D eigenvalue weighted by atomic mass is 16.5. The number of hydrogen-bond donors (Lipinski definition) is 3. The summed E-state index contributed by atoms with van der Waals surface area (Å²) in [5.74, 6) is -1.69. The zero-order chi connectivity index (χ0) is 18.5. The third-order valence-corrected chi connectivity index (χ3v) is 4.32. The molecule has 2 aromatic rings. The predicted octanol–water partition coefficient (Wildman–Crippen LogP) is 1.38. The molecule has 1 fully saturated rings. The molecule has 0 saturated carbocycles. The van der Waals surface area contributed by atoms with Crippen LogP contribution in [0.2, 0.25) is 0 Å². The van der Waals surface area contributed by atoms with Gasteiger partial charge in [-0.1, -0.05) is 36.4 Å². The summed E-state index contributed by atoms with van der Waals surface area (Å²) in [6.07, 6.45) is 1.31. The first-order valence-electron chi connectivity index (χ1n) is 8.13. The van der Waals surface area contributed by atoms with E-state index in [1.165, 1.54) is 13.3 Å². The van der Waals surface area contributed by atoms with Crippen LogP contribution in [-0.4, -0.2) is 36.8 Å². The van der Waals surface area contributed by atoms with Crippen LogP contribution >= 0.6 is 0 Å². The number of carbonyl (C=O) groups excluding carboxylic acids is 2. The molecule has 1 heterocycles. The molecule has 2 aromatic carbocycles. The van der Waals surface area contributed by atoms with Crippen molar-refractivity contribution in [2.24, 2.45) is 11.0 Å². The molecule has 0 spiro atoms. The maximum atomic E-state index is 12.5. The largest absolute Gasteiger partial charge is 0.504 e. The van der Waals surface area contributed by atoms with Crippen molar-refractivity contribution in [2.45, 2.75) is 5.92 Å². The first-order chi connectivity index (χ1) is 12.6. The lowest BCUT2D eigenvalue weighted by Crippen LogP contribution is -2.34. The summed E-state index contributed by atoms with van der Waals surface area (Å²) in [7, 11) is 1.44. The highest BCUT2D eigenvalue weighted by molar-refractivity contribution is 6.03. The van der Waals surface area contributed by atoms with Gasteiger partial charge in [-0.2, -0.15) is 5.10 Å². The van der Waals surface area contributed by atoms with E-state index in [9.17, 15) is 14.7 Å². The number of para-hydroxylation sites is 1. The van der Waals surface area contributed by atoms with Gasteiger partial charge in [0.15, 0.2) is 11.5 Å². The fraction of sp³-hybridized carbons (Fsp3) is 0.211. The Morgan fingerprint density at radius 1 is 1.27 bits per heavy atom. The number of methoxy groups -OCH3 is 1. The molecule has 1 aliphatic heterocycles. The number of amides is 2. The van der Waals surface area contributed by atoms with Crippen LogP contribution in [-0.2, 0) is 9.59 Å². The molecule has 2 amide bonds. The van der Waals surface area contributed by atoms with Gasteiger partial charge in [-0.15, -0.1) is 0 Å². The fourth-order valence-corrected chi connectivity index (χ4v) is 2.98. The van der Waals surface area contributed by atoms with E-state index < -0.39 is 11.8 Å². The monoisotopic (exact) mass is 353 g/mol. The van der Waals surface area contributed by atoms with Gasteiger partial charge in [0.05, 0.1) is 13.3 Å². The van der Waals surface area contributed by atoms with Crippen molar-refractivity contribution in [3.63, 3.8) is 0 Å². The number of rotatable bonds is 5. The molecule has 0 unspecified atom stereocenters. The van der Waals surface area contributed by atoms with Gasteiger partial charge in [0.25, 0.3) is 5.91 Å². The van der Waals surface area contributed by atoms with Gasteiger partial charge < -0.3 is 15.2 Å². The molecule has 7 nitrogen and oxygen atoms in total. The van der Waals surface area contributed by atoms with E-state index in [4.69, 9.17) is 4.74 Å². The zero-order valence-electron chi connectivity index (χ0n) is 14.2. The Hall–Kier alpha value is -3.35. The normalized spacial score (nSPS) is 19.3. The Balaban J connectivity index is 1.72. The van der Waals surface area contributed by atoms with E-state index in [1.807, 2.05) is 30.3 Å². The molecule has 1 aliphatic rings. The maximum Gasteiger partial charge on any atom is 0.253 e. The molecule has 7 heteroatoms. The van der Waals surface area contributed by atoms with Gasteiger partial charge in [-0.25, -0.2) is 5.43 Å². The van der Waals surface area contributed by atoms with E-state index in [-0.39, 0.29) is 17.6 Å². The molecule has 2 atom stereocenters. The smallest absolute Gasteiger partial charge is 0.253 e. The lowest BCUT2D eigenvalue weighted by molar-refractivity contribution is -0.133. The highest BCUT2D eigenvalue weighted by Crippen LogP contribution is 2.29. The molecular formula is C19H19N3O4. The molecule has 0 aliphatic carbocycles. The molecule has 3 N–H and O–H groups in total. The molecule has 1 saturated heterocycles. The maximum absolute atomic E-state index is 12.5. The minimum Gasteiger partial charge on any atom is -0.504 e. The molecule has 134 valence electrons. The number of phenols is 1. The second-order valence-electron chi connectivity index (χ2n) is 5.87. The molecular weight excluding hydrogens is 334 g/mol. The Morgan fingerprint density at radius 2 is 2.04 bits per heavy atom. The number of hydrogen-bond acceptors (Lipinski definition) is 5. The summed E-state index contributed by atoms with van der Waals surface area (Å²) in [5.41, 5.74) is 3.69. The Morgan fingerprint density at radius 3 is 2.77 bits per heavy atom. The number of aromatic hydroxyl groups is 1. The van der Waals surface area contributed by atoms with Gasteiger partial charge in [0.1, 0.15) is 5.92 Å². The number of ether oxygens (including phenoxy) is 1. The van der Waals surface area contributed by atoms with Crippen LogP contribution in [0, 0.1) is 5.92 Å². The van der Waals surface area contributed by atoms with Gasteiger partial charge in [-0.3, -0.25) is 9.59 Å². The lowest BCUT2D eigenvalue weighted by atomic mass is 9.88. The molecule has 3 rings (SSSR count). The average molecular weight is 353 g/mol. The third-order valence-electron chi connectivity index (χ3n) is 4.32. The summed E-state index contributed by atoms with van der Waals surface area (Å²) in [6, 6.07) is 14.3. The number of hydrazone groups is 1. The topological polar surface area (TPSA) is 100 Å².